The van der Waals surface area contributed by atoms with Crippen molar-refractivity contribution in [3.63, 3.8) is 0 Å². The van der Waals surface area contributed by atoms with E-state index in [0.717, 1.165) is 64.2 Å². The van der Waals surface area contributed by atoms with Gasteiger partial charge in [-0.05, 0) is 38.5 Å². The highest BCUT2D eigenvalue weighted by Gasteiger charge is 2.28. The van der Waals surface area contributed by atoms with Crippen molar-refractivity contribution in [3.05, 3.63) is 24.3 Å². The highest BCUT2D eigenvalue weighted by molar-refractivity contribution is 5.80. The maximum absolute atomic E-state index is 12.5. The van der Waals surface area contributed by atoms with E-state index in [0.29, 0.717) is 12.8 Å². The van der Waals surface area contributed by atoms with Crippen LogP contribution in [0.1, 0.15) is 251 Å². The molecule has 0 aliphatic heterocycles. The minimum Gasteiger partial charge on any atom is -0.394 e. The molecule has 0 saturated carbocycles. The van der Waals surface area contributed by atoms with E-state index in [1.54, 1.807) is 0 Å². The number of aliphatic hydroxyl groups is 4. The minimum atomic E-state index is -1.26. The molecule has 1 amide bonds. The summed E-state index contributed by atoms with van der Waals surface area (Å²) >= 11 is 0. The lowest BCUT2D eigenvalue weighted by atomic mass is 9.99. The standard InChI is InChI=1S/C49H95NO5/c1-3-5-7-9-11-13-15-17-19-20-21-22-23-24-25-26-27-28-29-31-32-34-36-38-40-42-46(52)48(54)45(44-51)50-49(55)47(53)43-41-39-37-35-33-30-18-16-14-12-10-8-6-4-2/h12,14,16,18,45-48,51-54H,3-11,13,15,17,19-44H2,1-2H3,(H,50,55)/b14-12-,18-16-. The van der Waals surface area contributed by atoms with Crippen molar-refractivity contribution in [1.29, 1.82) is 0 Å². The molecule has 6 heteroatoms. The Labute approximate surface area is 342 Å². The van der Waals surface area contributed by atoms with Gasteiger partial charge >= 0.3 is 0 Å². The van der Waals surface area contributed by atoms with Crippen LogP contribution in [0.3, 0.4) is 0 Å². The Morgan fingerprint density at radius 1 is 0.455 bits per heavy atom. The third kappa shape index (κ3) is 38.1. The molecule has 6 nitrogen and oxygen atoms in total. The molecule has 0 bridgehead atoms. The van der Waals surface area contributed by atoms with Crippen molar-refractivity contribution in [2.45, 2.75) is 276 Å². The maximum atomic E-state index is 12.5. The van der Waals surface area contributed by atoms with Gasteiger partial charge < -0.3 is 25.7 Å². The molecular weight excluding hydrogens is 683 g/mol. The van der Waals surface area contributed by atoms with Gasteiger partial charge in [0.25, 0.3) is 0 Å². The number of amides is 1. The van der Waals surface area contributed by atoms with E-state index in [2.05, 4.69) is 43.5 Å². The highest BCUT2D eigenvalue weighted by Crippen LogP contribution is 2.17. The van der Waals surface area contributed by atoms with Crippen LogP contribution in [0, 0.1) is 0 Å². The van der Waals surface area contributed by atoms with E-state index in [-0.39, 0.29) is 0 Å². The van der Waals surface area contributed by atoms with Crippen LogP contribution in [-0.2, 0) is 4.79 Å². The Morgan fingerprint density at radius 3 is 1.15 bits per heavy atom. The number of unbranched alkanes of at least 4 members (excludes halogenated alkanes) is 32. The van der Waals surface area contributed by atoms with Gasteiger partial charge in [-0.3, -0.25) is 4.79 Å². The van der Waals surface area contributed by atoms with Crippen molar-refractivity contribution in [2.24, 2.45) is 0 Å². The summed E-state index contributed by atoms with van der Waals surface area (Å²) in [6.07, 6.45) is 50.8. The Bertz CT molecular complexity index is 832. The van der Waals surface area contributed by atoms with Crippen LogP contribution in [0.4, 0.5) is 0 Å². The lowest BCUT2D eigenvalue weighted by molar-refractivity contribution is -0.132. The van der Waals surface area contributed by atoms with Gasteiger partial charge in [-0.1, -0.05) is 237 Å². The zero-order valence-electron chi connectivity index (χ0n) is 36.7. The molecule has 0 aliphatic rings. The van der Waals surface area contributed by atoms with Gasteiger partial charge in [0, 0.05) is 0 Å². The first kappa shape index (κ1) is 53.8. The van der Waals surface area contributed by atoms with Crippen LogP contribution >= 0.6 is 0 Å². The summed E-state index contributed by atoms with van der Waals surface area (Å²) in [7, 11) is 0. The van der Waals surface area contributed by atoms with Crippen LogP contribution in [0.15, 0.2) is 24.3 Å². The average molecular weight is 778 g/mol. The number of aliphatic hydroxyl groups excluding tert-OH is 4. The van der Waals surface area contributed by atoms with Crippen LogP contribution in [0.5, 0.6) is 0 Å². The largest absolute Gasteiger partial charge is 0.394 e. The molecule has 4 atom stereocenters. The zero-order chi connectivity index (χ0) is 40.3. The topological polar surface area (TPSA) is 110 Å². The zero-order valence-corrected chi connectivity index (χ0v) is 36.7. The van der Waals surface area contributed by atoms with E-state index >= 15 is 0 Å². The quantitative estimate of drug-likeness (QED) is 0.0313. The van der Waals surface area contributed by atoms with E-state index in [1.807, 2.05) is 0 Å². The predicted molar refractivity (Wildman–Crippen MR) is 237 cm³/mol. The molecule has 0 aromatic carbocycles. The molecule has 0 fully saturated rings. The molecule has 0 heterocycles. The number of hydrogen-bond donors (Lipinski definition) is 5. The molecule has 5 N–H and O–H groups in total. The first-order chi connectivity index (χ1) is 27.0. The predicted octanol–water partition coefficient (Wildman–Crippen LogP) is 13.1. The van der Waals surface area contributed by atoms with Gasteiger partial charge in [-0.15, -0.1) is 0 Å². The Kier molecular flexibility index (Phi) is 42.9. The summed E-state index contributed by atoms with van der Waals surface area (Å²) in [6.45, 7) is 4.03. The SMILES string of the molecule is CCCCC/C=C\C=C/CCCCCCCC(O)C(=O)NC(CO)C(O)C(O)CCCCCCCCCCCCCCCCCCCCCCCCCCC. The van der Waals surface area contributed by atoms with E-state index in [1.165, 1.54) is 161 Å². The first-order valence-electron chi connectivity index (χ1n) is 24.2. The van der Waals surface area contributed by atoms with Gasteiger partial charge in [0.2, 0.25) is 5.91 Å². The lowest BCUT2D eigenvalue weighted by Crippen LogP contribution is -2.53. The van der Waals surface area contributed by atoms with Gasteiger partial charge in [-0.2, -0.15) is 0 Å². The van der Waals surface area contributed by atoms with E-state index < -0.39 is 36.9 Å². The normalized spacial score (nSPS) is 14.2. The van der Waals surface area contributed by atoms with Crippen LogP contribution in [0.25, 0.3) is 0 Å². The molecule has 0 saturated heterocycles. The van der Waals surface area contributed by atoms with Crippen molar-refractivity contribution in [2.75, 3.05) is 6.61 Å². The number of hydrogen-bond acceptors (Lipinski definition) is 5. The van der Waals surface area contributed by atoms with Crippen LogP contribution in [0.2, 0.25) is 0 Å². The van der Waals surface area contributed by atoms with Gasteiger partial charge in [-0.25, -0.2) is 0 Å². The molecule has 55 heavy (non-hydrogen) atoms. The second kappa shape index (κ2) is 43.9. The Hall–Kier alpha value is -1.21. The summed E-state index contributed by atoms with van der Waals surface area (Å²) in [4.78, 5) is 12.5. The van der Waals surface area contributed by atoms with Crippen LogP contribution < -0.4 is 5.32 Å². The Balaban J connectivity index is 3.65. The number of nitrogens with one attached hydrogen (secondary N) is 1. The van der Waals surface area contributed by atoms with E-state index in [4.69, 9.17) is 0 Å². The molecule has 0 rings (SSSR count). The number of allylic oxidation sites excluding steroid dienone is 4. The minimum absolute atomic E-state index is 0.352. The van der Waals surface area contributed by atoms with Crippen molar-refractivity contribution < 1.29 is 25.2 Å². The molecule has 4 unspecified atom stereocenters. The van der Waals surface area contributed by atoms with Crippen LogP contribution in [-0.4, -0.2) is 57.3 Å². The molecule has 0 aromatic heterocycles. The number of rotatable bonds is 44. The average Bonchev–Trinajstić information content (AvgIpc) is 3.19. The number of carbonyl (C=O) groups is 1. The molecule has 0 radical (unpaired) electrons. The summed E-state index contributed by atoms with van der Waals surface area (Å²) in [6, 6.07) is -0.990. The second-order valence-corrected chi connectivity index (χ2v) is 16.8. The molecular formula is C49H95NO5. The maximum Gasteiger partial charge on any atom is 0.249 e. The van der Waals surface area contributed by atoms with E-state index in [9.17, 15) is 25.2 Å². The summed E-state index contributed by atoms with van der Waals surface area (Å²) in [5, 5.41) is 43.8. The monoisotopic (exact) mass is 778 g/mol. The first-order valence-corrected chi connectivity index (χ1v) is 24.2. The third-order valence-corrected chi connectivity index (χ3v) is 11.4. The fourth-order valence-electron chi connectivity index (χ4n) is 7.57. The van der Waals surface area contributed by atoms with Gasteiger partial charge in [0.05, 0.1) is 18.8 Å². The Morgan fingerprint density at radius 2 is 0.764 bits per heavy atom. The lowest BCUT2D eigenvalue weighted by Gasteiger charge is -2.27. The molecule has 0 aliphatic carbocycles. The van der Waals surface area contributed by atoms with Gasteiger partial charge in [0.1, 0.15) is 12.2 Å². The molecule has 0 spiro atoms. The van der Waals surface area contributed by atoms with Gasteiger partial charge in [0.15, 0.2) is 0 Å². The summed E-state index contributed by atoms with van der Waals surface area (Å²) in [5.74, 6) is -0.594. The van der Waals surface area contributed by atoms with Crippen molar-refractivity contribution in [1.82, 2.24) is 5.32 Å². The summed E-state index contributed by atoms with van der Waals surface area (Å²) in [5.41, 5.74) is 0. The third-order valence-electron chi connectivity index (χ3n) is 11.4. The number of carbonyl (C=O) groups excluding carboxylic acids is 1. The second-order valence-electron chi connectivity index (χ2n) is 16.8. The fraction of sp³-hybridized carbons (Fsp3) is 0.898. The van der Waals surface area contributed by atoms with Crippen molar-refractivity contribution in [3.8, 4) is 0 Å². The van der Waals surface area contributed by atoms with Crippen molar-refractivity contribution >= 4 is 5.91 Å². The highest BCUT2D eigenvalue weighted by atomic mass is 16.3. The summed E-state index contributed by atoms with van der Waals surface area (Å²) < 4.78 is 0. The smallest absolute Gasteiger partial charge is 0.249 e. The molecule has 0 aromatic rings. The molecule has 326 valence electrons. The fourth-order valence-corrected chi connectivity index (χ4v) is 7.57.